The minimum atomic E-state index is -4.43. The smallest absolute Gasteiger partial charge is 0.417 e. The van der Waals surface area contributed by atoms with Gasteiger partial charge < -0.3 is 9.64 Å². The van der Waals surface area contributed by atoms with Crippen molar-refractivity contribution in [3.05, 3.63) is 84.1 Å². The van der Waals surface area contributed by atoms with E-state index in [1.54, 1.807) is 4.90 Å². The van der Waals surface area contributed by atoms with Crippen molar-refractivity contribution in [2.45, 2.75) is 18.7 Å². The molecule has 2 heterocycles. The standard InChI is InChI=1S/C23H19F3N2O2/c24-23(25,26)19-10-11-21(27-13-19)30-20-14-28(15-20)22(29)12-16-6-8-18(9-7-16)17-4-2-1-3-5-17/h1-11,13,20H,12,14-15H2. The van der Waals surface area contributed by atoms with Crippen LogP contribution in [0.5, 0.6) is 5.88 Å². The molecule has 7 heteroatoms. The summed E-state index contributed by atoms with van der Waals surface area (Å²) in [6.07, 6.45) is -3.65. The van der Waals surface area contributed by atoms with Gasteiger partial charge in [0.15, 0.2) is 0 Å². The van der Waals surface area contributed by atoms with E-state index < -0.39 is 11.7 Å². The van der Waals surface area contributed by atoms with Crippen molar-refractivity contribution in [1.82, 2.24) is 9.88 Å². The Bertz CT molecular complexity index is 997. The largest absolute Gasteiger partial charge is 0.471 e. The van der Waals surface area contributed by atoms with Crippen molar-refractivity contribution in [3.63, 3.8) is 0 Å². The van der Waals surface area contributed by atoms with Crippen LogP contribution in [0.1, 0.15) is 11.1 Å². The molecule has 1 fully saturated rings. The Hall–Kier alpha value is -3.35. The molecule has 0 spiro atoms. The predicted octanol–water partition coefficient (Wildman–Crippen LogP) is 4.60. The van der Waals surface area contributed by atoms with Gasteiger partial charge in [0.05, 0.1) is 25.1 Å². The van der Waals surface area contributed by atoms with Crippen LogP contribution in [-0.2, 0) is 17.4 Å². The molecule has 154 valence electrons. The number of aromatic nitrogens is 1. The summed E-state index contributed by atoms with van der Waals surface area (Å²) >= 11 is 0. The number of likely N-dealkylation sites (tertiary alicyclic amines) is 1. The second kappa shape index (κ2) is 8.18. The molecule has 1 aliphatic rings. The number of ether oxygens (including phenoxy) is 1. The molecule has 0 unspecified atom stereocenters. The van der Waals surface area contributed by atoms with Crippen LogP contribution in [0, 0.1) is 0 Å². The molecule has 0 saturated carbocycles. The lowest BCUT2D eigenvalue weighted by Crippen LogP contribution is -2.56. The Balaban J connectivity index is 1.26. The maximum atomic E-state index is 12.6. The Morgan fingerprint density at radius 1 is 0.967 bits per heavy atom. The van der Waals surface area contributed by atoms with Crippen LogP contribution in [0.2, 0.25) is 0 Å². The summed E-state index contributed by atoms with van der Waals surface area (Å²) in [5.74, 6) is 0.110. The highest BCUT2D eigenvalue weighted by molar-refractivity contribution is 5.80. The zero-order chi connectivity index (χ0) is 21.1. The van der Waals surface area contributed by atoms with Gasteiger partial charge in [0.2, 0.25) is 11.8 Å². The van der Waals surface area contributed by atoms with Crippen LogP contribution < -0.4 is 4.74 Å². The fraction of sp³-hybridized carbons (Fsp3) is 0.217. The van der Waals surface area contributed by atoms with Gasteiger partial charge in [-0.15, -0.1) is 0 Å². The van der Waals surface area contributed by atoms with Crippen LogP contribution in [0.25, 0.3) is 11.1 Å². The summed E-state index contributed by atoms with van der Waals surface area (Å²) in [5, 5.41) is 0. The van der Waals surface area contributed by atoms with E-state index in [2.05, 4.69) is 4.98 Å². The van der Waals surface area contributed by atoms with Gasteiger partial charge in [-0.25, -0.2) is 4.98 Å². The molecule has 0 atom stereocenters. The number of rotatable bonds is 5. The predicted molar refractivity (Wildman–Crippen MR) is 106 cm³/mol. The van der Waals surface area contributed by atoms with Crippen molar-refractivity contribution in [3.8, 4) is 17.0 Å². The van der Waals surface area contributed by atoms with Gasteiger partial charge in [0.25, 0.3) is 0 Å². The van der Waals surface area contributed by atoms with Crippen molar-refractivity contribution < 1.29 is 22.7 Å². The molecule has 4 rings (SSSR count). The molecule has 4 nitrogen and oxygen atoms in total. The van der Waals surface area contributed by atoms with Crippen LogP contribution >= 0.6 is 0 Å². The molecule has 0 radical (unpaired) electrons. The average molecular weight is 412 g/mol. The normalized spacial score (nSPS) is 14.3. The van der Waals surface area contributed by atoms with Crippen molar-refractivity contribution >= 4 is 5.91 Å². The minimum Gasteiger partial charge on any atom is -0.471 e. The van der Waals surface area contributed by atoms with Gasteiger partial charge in [0.1, 0.15) is 6.10 Å². The number of halogens is 3. The quantitative estimate of drug-likeness (QED) is 0.615. The highest BCUT2D eigenvalue weighted by Gasteiger charge is 2.33. The van der Waals surface area contributed by atoms with E-state index in [-0.39, 0.29) is 17.9 Å². The van der Waals surface area contributed by atoms with Gasteiger partial charge >= 0.3 is 6.18 Å². The van der Waals surface area contributed by atoms with Gasteiger partial charge in [-0.2, -0.15) is 13.2 Å². The first-order chi connectivity index (χ1) is 14.4. The summed E-state index contributed by atoms with van der Waals surface area (Å²) in [7, 11) is 0. The number of hydrogen-bond acceptors (Lipinski definition) is 3. The number of benzene rings is 2. The van der Waals surface area contributed by atoms with E-state index in [0.717, 1.165) is 29.0 Å². The first-order valence-electron chi connectivity index (χ1n) is 9.50. The molecule has 0 aliphatic carbocycles. The van der Waals surface area contributed by atoms with Crippen molar-refractivity contribution in [1.29, 1.82) is 0 Å². The van der Waals surface area contributed by atoms with Crippen LogP contribution in [0.4, 0.5) is 13.2 Å². The minimum absolute atomic E-state index is 0.0114. The zero-order valence-electron chi connectivity index (χ0n) is 16.0. The lowest BCUT2D eigenvalue weighted by Gasteiger charge is -2.38. The van der Waals surface area contributed by atoms with Gasteiger partial charge in [-0.1, -0.05) is 54.6 Å². The fourth-order valence-corrected chi connectivity index (χ4v) is 3.24. The number of hydrogen-bond donors (Lipinski definition) is 0. The van der Waals surface area contributed by atoms with Crippen LogP contribution in [-0.4, -0.2) is 35.0 Å². The average Bonchev–Trinajstić information content (AvgIpc) is 2.71. The fourth-order valence-electron chi connectivity index (χ4n) is 3.24. The third kappa shape index (κ3) is 4.62. The van der Waals surface area contributed by atoms with Crippen LogP contribution in [0.15, 0.2) is 72.9 Å². The molecule has 2 aromatic carbocycles. The first-order valence-corrected chi connectivity index (χ1v) is 9.50. The highest BCUT2D eigenvalue weighted by Crippen LogP contribution is 2.29. The Morgan fingerprint density at radius 3 is 2.23 bits per heavy atom. The molecule has 1 aliphatic heterocycles. The van der Waals surface area contributed by atoms with E-state index in [0.29, 0.717) is 19.5 Å². The Kier molecular flexibility index (Phi) is 5.44. The summed E-state index contributed by atoms with van der Waals surface area (Å²) in [6.45, 7) is 0.785. The maximum Gasteiger partial charge on any atom is 0.417 e. The third-order valence-electron chi connectivity index (χ3n) is 4.97. The second-order valence-corrected chi connectivity index (χ2v) is 7.16. The number of carbonyl (C=O) groups excluding carboxylic acids is 1. The Labute approximate surface area is 171 Å². The van der Waals surface area contributed by atoms with Gasteiger partial charge in [-0.3, -0.25) is 4.79 Å². The number of nitrogens with zero attached hydrogens (tertiary/aromatic N) is 2. The summed E-state index contributed by atoms with van der Waals surface area (Å²) in [4.78, 5) is 17.8. The molecular formula is C23H19F3N2O2. The topological polar surface area (TPSA) is 42.4 Å². The maximum absolute atomic E-state index is 12.6. The van der Waals surface area contributed by atoms with E-state index in [9.17, 15) is 18.0 Å². The van der Waals surface area contributed by atoms with E-state index in [1.807, 2.05) is 54.6 Å². The lowest BCUT2D eigenvalue weighted by molar-refractivity contribution is -0.140. The molecular weight excluding hydrogens is 393 g/mol. The molecule has 1 saturated heterocycles. The Morgan fingerprint density at radius 2 is 1.63 bits per heavy atom. The van der Waals surface area contributed by atoms with E-state index in [1.165, 1.54) is 6.07 Å². The molecule has 30 heavy (non-hydrogen) atoms. The molecule has 1 aromatic heterocycles. The number of carbonyl (C=O) groups is 1. The second-order valence-electron chi connectivity index (χ2n) is 7.16. The SMILES string of the molecule is O=C(Cc1ccc(-c2ccccc2)cc1)N1CC(Oc2ccc(C(F)(F)F)cn2)C1. The summed E-state index contributed by atoms with van der Waals surface area (Å²) in [5.41, 5.74) is 2.32. The van der Waals surface area contributed by atoms with E-state index in [4.69, 9.17) is 4.74 Å². The molecule has 0 N–H and O–H groups in total. The zero-order valence-corrected chi connectivity index (χ0v) is 16.0. The van der Waals surface area contributed by atoms with Crippen molar-refractivity contribution in [2.24, 2.45) is 0 Å². The van der Waals surface area contributed by atoms with Crippen LogP contribution in [0.3, 0.4) is 0 Å². The first kappa shape index (κ1) is 19.9. The number of pyridine rings is 1. The number of alkyl halides is 3. The summed E-state index contributed by atoms with van der Waals surface area (Å²) < 4.78 is 43.2. The van der Waals surface area contributed by atoms with E-state index >= 15 is 0 Å². The molecule has 1 amide bonds. The molecule has 0 bridgehead atoms. The lowest BCUT2D eigenvalue weighted by atomic mass is 10.0. The monoisotopic (exact) mass is 412 g/mol. The van der Waals surface area contributed by atoms with Gasteiger partial charge in [-0.05, 0) is 22.8 Å². The highest BCUT2D eigenvalue weighted by atomic mass is 19.4. The summed E-state index contributed by atoms with van der Waals surface area (Å²) in [6, 6.07) is 20.0. The number of amides is 1. The van der Waals surface area contributed by atoms with Gasteiger partial charge in [0, 0.05) is 12.3 Å². The van der Waals surface area contributed by atoms with Crippen molar-refractivity contribution in [2.75, 3.05) is 13.1 Å². The molecule has 3 aromatic rings. The third-order valence-corrected chi connectivity index (χ3v) is 4.97.